The number of esters is 2. The van der Waals surface area contributed by atoms with Gasteiger partial charge >= 0.3 is 30.0 Å². The van der Waals surface area contributed by atoms with Crippen molar-refractivity contribution in [1.29, 1.82) is 0 Å². The number of halogens is 6. The summed E-state index contributed by atoms with van der Waals surface area (Å²) in [7, 11) is -7.59. The van der Waals surface area contributed by atoms with Gasteiger partial charge in [-0.2, -0.15) is 26.3 Å². The van der Waals surface area contributed by atoms with E-state index < -0.39 is 101 Å². The highest BCUT2D eigenvalue weighted by Crippen LogP contribution is 2.36. The average molecular weight is 1390 g/mol. The van der Waals surface area contributed by atoms with Crippen molar-refractivity contribution in [3.05, 3.63) is 212 Å². The summed E-state index contributed by atoms with van der Waals surface area (Å²) in [6.45, 7) is 21.4. The first-order valence-corrected chi connectivity index (χ1v) is 34.1. The number of primary amides is 1. The molecule has 520 valence electrons. The molecule has 4 N–H and O–H groups in total. The van der Waals surface area contributed by atoms with Gasteiger partial charge in [0.25, 0.3) is 11.8 Å². The predicted molar refractivity (Wildman–Crippen MR) is 350 cm³/mol. The van der Waals surface area contributed by atoms with Gasteiger partial charge in [0.2, 0.25) is 26.0 Å². The molecule has 97 heavy (non-hydrogen) atoms. The molecule has 6 aromatic rings. The molecule has 0 spiro atoms. The minimum Gasteiger partial charge on any atom is -0.489 e. The van der Waals surface area contributed by atoms with Gasteiger partial charge in [-0.05, 0) is 175 Å². The first kappa shape index (κ1) is 75.5. The highest BCUT2D eigenvalue weighted by Gasteiger charge is 2.46. The molecule has 0 atom stereocenters. The summed E-state index contributed by atoms with van der Waals surface area (Å²) < 4.78 is 160. The Morgan fingerprint density at radius 1 is 0.526 bits per heavy atom. The van der Waals surface area contributed by atoms with Crippen LogP contribution < -0.4 is 25.8 Å². The monoisotopic (exact) mass is 1390 g/mol. The average Bonchev–Trinajstić information content (AvgIpc) is 0.794. The van der Waals surface area contributed by atoms with E-state index in [-0.39, 0.29) is 106 Å². The Morgan fingerprint density at radius 2 is 0.897 bits per heavy atom. The fourth-order valence-electron chi connectivity index (χ4n) is 10.6. The molecule has 2 aliphatic heterocycles. The van der Waals surface area contributed by atoms with Crippen LogP contribution in [-0.4, -0.2) is 115 Å². The summed E-state index contributed by atoms with van der Waals surface area (Å²) in [6, 6.07) is 32.7. The van der Waals surface area contributed by atoms with Crippen LogP contribution >= 0.6 is 0 Å². The largest absolute Gasteiger partial charge is 0.489 e. The molecule has 2 heterocycles. The number of piperidine rings is 2. The van der Waals surface area contributed by atoms with Crippen LogP contribution in [-0.2, 0) is 72.7 Å². The van der Waals surface area contributed by atoms with Crippen LogP contribution in [0.4, 0.5) is 26.3 Å². The van der Waals surface area contributed by atoms with Crippen molar-refractivity contribution >= 4 is 49.7 Å². The van der Waals surface area contributed by atoms with E-state index in [1.807, 2.05) is 0 Å². The maximum absolute atomic E-state index is 13.7. The van der Waals surface area contributed by atoms with E-state index in [1.165, 1.54) is 14.7 Å². The molecule has 6 aromatic carbocycles. The fraction of sp³-hybridized carbons (Fsp3) is 0.400. The first-order valence-electron chi connectivity index (χ1n) is 30.9. The minimum atomic E-state index is -4.79. The maximum atomic E-state index is 13.7. The molecule has 0 saturated carbocycles. The Hall–Kier alpha value is -8.84. The third-order valence-corrected chi connectivity index (χ3v) is 19.7. The lowest BCUT2D eigenvalue weighted by Gasteiger charge is -2.39. The molecule has 2 aliphatic rings. The molecule has 2 saturated heterocycles. The molecule has 0 bridgehead atoms. The van der Waals surface area contributed by atoms with Crippen molar-refractivity contribution in [2.75, 3.05) is 37.7 Å². The molecule has 0 aliphatic carbocycles. The van der Waals surface area contributed by atoms with E-state index >= 15 is 0 Å². The second kappa shape index (κ2) is 30.7. The summed E-state index contributed by atoms with van der Waals surface area (Å²) in [6.07, 6.45) is -9.68. The van der Waals surface area contributed by atoms with Crippen LogP contribution in [0.5, 0.6) is 11.5 Å². The zero-order valence-corrected chi connectivity index (χ0v) is 56.5. The van der Waals surface area contributed by atoms with E-state index in [0.29, 0.717) is 28.8 Å². The zero-order valence-electron chi connectivity index (χ0n) is 54.9. The summed E-state index contributed by atoms with van der Waals surface area (Å²) in [5.41, 5.74) is 3.30. The van der Waals surface area contributed by atoms with Crippen molar-refractivity contribution < 1.29 is 86.1 Å². The third-order valence-electron chi connectivity index (χ3n) is 16.0. The standard InChI is InChI=1S/C35H40F3N3O7S.C35H38F3N3O6S/c1-23-18-26(31(43)48-33(2,3)4)11-10-25(23)12-17-49(45,46)41-15-13-34(14-16-41,32(39)44)40-30(42)27-19-28(35(36,37)38)21-29(20-27)47-22-24-8-6-5-7-9-24;1-24-19-27(32(43)47-33(2,3)4)12-11-26(24)13-18-48(44,45)41-16-14-34(39-5,15-17-41)40-31(42)28-20-29(35(36,37)38)22-30(21-28)46-23-25-9-7-6-8-10-25/h5-11,18-21H,12-17,22H2,1-4H3,(H2,39,44)(H,40,42);6-12,19-22H,13-18,23H2,1-4H3,(H,40,42). The number of hydrogen-bond acceptors (Lipinski definition) is 13. The number of sulfonamides is 2. The lowest BCUT2D eigenvalue weighted by atomic mass is 9.87. The number of aryl methyl sites for hydroxylation is 4. The van der Waals surface area contributed by atoms with Gasteiger partial charge in [-0.3, -0.25) is 24.5 Å². The van der Waals surface area contributed by atoms with Gasteiger partial charge < -0.3 is 30.0 Å². The molecule has 3 amide bonds. The van der Waals surface area contributed by atoms with E-state index in [1.54, 1.807) is 152 Å². The number of hydrogen-bond donors (Lipinski definition) is 3. The SMILES string of the molecule is Cc1cc(C(=O)OC(C)(C)C)ccc1CCS(=O)(=O)N1CCC(NC(=O)c2cc(OCc3ccccc3)cc(C(F)(F)F)c2)(C(N)=O)CC1.[C-]#[N+]C1(NC(=O)c2cc(OCc3ccccc3)cc(C(F)(F)F)c2)CCN(S(=O)(=O)CCc2ccc(C(=O)OC(C)(C)C)cc2C)CC1. The molecule has 27 heteroatoms. The van der Waals surface area contributed by atoms with E-state index in [4.69, 9.17) is 31.3 Å². The molecule has 2 fully saturated rings. The molecule has 0 unspecified atom stereocenters. The lowest BCUT2D eigenvalue weighted by Crippen LogP contribution is -2.62. The number of nitrogens with zero attached hydrogens (tertiary/aromatic N) is 3. The van der Waals surface area contributed by atoms with Crippen LogP contribution in [0.2, 0.25) is 0 Å². The van der Waals surface area contributed by atoms with Crippen molar-refractivity contribution in [1.82, 2.24) is 19.2 Å². The summed E-state index contributed by atoms with van der Waals surface area (Å²) >= 11 is 0. The van der Waals surface area contributed by atoms with Crippen LogP contribution in [0.25, 0.3) is 4.85 Å². The molecular formula is C70H78F6N6O13S2. The number of carbonyl (C=O) groups is 5. The molecule has 8 rings (SSSR count). The van der Waals surface area contributed by atoms with Gasteiger partial charge in [-0.25, -0.2) is 41.6 Å². The number of rotatable bonds is 21. The fourth-order valence-corrected chi connectivity index (χ4v) is 13.6. The number of alkyl halides is 6. The summed E-state index contributed by atoms with van der Waals surface area (Å²) in [4.78, 5) is 67.6. The van der Waals surface area contributed by atoms with Gasteiger partial charge in [0.15, 0.2) is 0 Å². The van der Waals surface area contributed by atoms with Gasteiger partial charge in [-0.1, -0.05) is 72.8 Å². The number of nitrogens with one attached hydrogen (secondary N) is 2. The lowest BCUT2D eigenvalue weighted by molar-refractivity contribution is -0.138. The van der Waals surface area contributed by atoms with Gasteiger partial charge in [-0.15, -0.1) is 0 Å². The van der Waals surface area contributed by atoms with Crippen LogP contribution in [0.1, 0.15) is 153 Å². The second-order valence-corrected chi connectivity index (χ2v) is 29.9. The van der Waals surface area contributed by atoms with E-state index in [9.17, 15) is 67.2 Å². The normalized spacial score (nSPS) is 15.3. The van der Waals surface area contributed by atoms with Crippen molar-refractivity contribution in [2.45, 2.75) is 142 Å². The van der Waals surface area contributed by atoms with E-state index in [2.05, 4.69) is 15.5 Å². The molecular weight excluding hydrogens is 1310 g/mol. The minimum absolute atomic E-state index is 0.0174. The number of ether oxygens (including phenoxy) is 4. The second-order valence-electron chi connectivity index (χ2n) is 25.8. The molecule has 0 aromatic heterocycles. The van der Waals surface area contributed by atoms with Crippen molar-refractivity contribution in [3.8, 4) is 11.5 Å². The highest BCUT2D eigenvalue weighted by atomic mass is 32.2. The van der Waals surface area contributed by atoms with Crippen LogP contribution in [0, 0.1) is 20.4 Å². The Balaban J connectivity index is 0.000000273. The number of benzene rings is 6. The Kier molecular flexibility index (Phi) is 23.9. The zero-order chi connectivity index (χ0) is 71.5. The van der Waals surface area contributed by atoms with Crippen LogP contribution in [0.15, 0.2) is 133 Å². The third kappa shape index (κ3) is 21.3. The van der Waals surface area contributed by atoms with Gasteiger partial charge in [0.05, 0.1) is 46.6 Å². The first-order chi connectivity index (χ1) is 45.2. The summed E-state index contributed by atoms with van der Waals surface area (Å²) in [5, 5.41) is 5.07. The Morgan fingerprint density at radius 3 is 1.24 bits per heavy atom. The Labute approximate surface area is 560 Å². The smallest absolute Gasteiger partial charge is 0.416 e. The summed E-state index contributed by atoms with van der Waals surface area (Å²) in [5.74, 6) is -4.63. The van der Waals surface area contributed by atoms with Crippen molar-refractivity contribution in [2.24, 2.45) is 5.73 Å². The highest BCUT2D eigenvalue weighted by molar-refractivity contribution is 7.89. The number of carbonyl (C=O) groups excluding carboxylic acids is 5. The maximum Gasteiger partial charge on any atom is 0.416 e. The number of nitrogens with two attached hydrogens (primary N) is 1. The van der Waals surface area contributed by atoms with Crippen LogP contribution in [0.3, 0.4) is 0 Å². The van der Waals surface area contributed by atoms with Gasteiger partial charge in [0, 0.05) is 37.3 Å². The van der Waals surface area contributed by atoms with Crippen molar-refractivity contribution in [3.63, 3.8) is 0 Å². The molecule has 0 radical (unpaired) electrons. The molecule has 19 nitrogen and oxygen atoms in total. The predicted octanol–water partition coefficient (Wildman–Crippen LogP) is 11.7. The topological polar surface area (TPSA) is 251 Å². The van der Waals surface area contributed by atoms with E-state index in [0.717, 1.165) is 46.0 Å². The Bertz CT molecular complexity index is 4120. The quantitative estimate of drug-likeness (QED) is 0.0345. The van der Waals surface area contributed by atoms with Gasteiger partial charge in [0.1, 0.15) is 41.5 Å². The number of amides is 3.